The minimum Gasteiger partial charge on any atom is -0.483 e. The Labute approximate surface area is 214 Å². The first-order valence-electron chi connectivity index (χ1n) is 11.1. The van der Waals surface area contributed by atoms with Gasteiger partial charge in [-0.2, -0.15) is 9.97 Å². The third-order valence-corrected chi connectivity index (χ3v) is 7.28. The number of benzene rings is 1. The number of carbonyl (C=O) groups excluding carboxylic acids is 2. The molecule has 2 amide bonds. The van der Waals surface area contributed by atoms with E-state index >= 15 is 0 Å². The van der Waals surface area contributed by atoms with E-state index in [0.717, 1.165) is 0 Å². The maximum absolute atomic E-state index is 12.5. The van der Waals surface area contributed by atoms with Crippen molar-refractivity contribution in [2.45, 2.75) is 31.2 Å². The summed E-state index contributed by atoms with van der Waals surface area (Å²) in [7, 11) is 1.50. The zero-order valence-electron chi connectivity index (χ0n) is 19.0. The van der Waals surface area contributed by atoms with E-state index in [2.05, 4.69) is 25.6 Å². The second kappa shape index (κ2) is 9.04. The van der Waals surface area contributed by atoms with Crippen molar-refractivity contribution in [2.24, 2.45) is 17.1 Å². The van der Waals surface area contributed by atoms with E-state index in [1.807, 2.05) is 0 Å². The van der Waals surface area contributed by atoms with Crippen molar-refractivity contribution in [3.05, 3.63) is 40.4 Å². The molecule has 2 aliphatic carbocycles. The van der Waals surface area contributed by atoms with Crippen LogP contribution < -0.4 is 21.1 Å². The summed E-state index contributed by atoms with van der Waals surface area (Å²) in [5.41, 5.74) is 5.48. The summed E-state index contributed by atoms with van der Waals surface area (Å²) < 4.78 is 7.10. The quantitative estimate of drug-likeness (QED) is 0.259. The summed E-state index contributed by atoms with van der Waals surface area (Å²) in [6.45, 7) is -0.103. The number of nitrogens with zero attached hydrogens (tertiary/aromatic N) is 4. The highest BCUT2D eigenvalue weighted by molar-refractivity contribution is 6.30. The molecule has 2 saturated carbocycles. The average Bonchev–Trinajstić information content (AvgIpc) is 3.38. The molecule has 190 valence electrons. The van der Waals surface area contributed by atoms with Gasteiger partial charge in [-0.3, -0.25) is 9.59 Å². The molecule has 0 aliphatic heterocycles. The first kappa shape index (κ1) is 24.5. The molecule has 5 atom stereocenters. The zero-order chi connectivity index (χ0) is 25.8. The summed E-state index contributed by atoms with van der Waals surface area (Å²) >= 11 is 12.4. The van der Waals surface area contributed by atoms with E-state index in [-0.39, 0.29) is 30.3 Å². The van der Waals surface area contributed by atoms with Gasteiger partial charge in [0.05, 0.1) is 23.9 Å². The summed E-state index contributed by atoms with van der Waals surface area (Å²) in [5, 5.41) is 27.6. The fourth-order valence-electron chi connectivity index (χ4n) is 5.17. The van der Waals surface area contributed by atoms with E-state index in [1.165, 1.54) is 13.4 Å². The number of anilines is 1. The van der Waals surface area contributed by atoms with Gasteiger partial charge in [0, 0.05) is 30.1 Å². The van der Waals surface area contributed by atoms with E-state index in [9.17, 15) is 19.8 Å². The molecule has 12 nitrogen and oxygen atoms in total. The van der Waals surface area contributed by atoms with Crippen LogP contribution in [0.5, 0.6) is 5.75 Å². The van der Waals surface area contributed by atoms with Gasteiger partial charge < -0.3 is 35.9 Å². The summed E-state index contributed by atoms with van der Waals surface area (Å²) in [6.07, 6.45) is -0.496. The number of nitrogens with two attached hydrogens (primary N) is 1. The predicted octanol–water partition coefficient (Wildman–Crippen LogP) is 0.638. The van der Waals surface area contributed by atoms with Crippen LogP contribution in [0.25, 0.3) is 11.2 Å². The van der Waals surface area contributed by atoms with Crippen LogP contribution in [0.4, 0.5) is 5.82 Å². The van der Waals surface area contributed by atoms with Crippen LogP contribution in [0.3, 0.4) is 0 Å². The van der Waals surface area contributed by atoms with Gasteiger partial charge in [0.25, 0.3) is 5.91 Å². The second-order valence-electron chi connectivity index (χ2n) is 8.88. The number of aliphatic hydroxyl groups is 2. The van der Waals surface area contributed by atoms with Gasteiger partial charge in [0.15, 0.2) is 23.6 Å². The highest BCUT2D eigenvalue weighted by atomic mass is 35.5. The van der Waals surface area contributed by atoms with E-state index in [1.54, 1.807) is 22.8 Å². The van der Waals surface area contributed by atoms with E-state index < -0.39 is 29.6 Å². The lowest BCUT2D eigenvalue weighted by molar-refractivity contribution is -0.132. The number of hydrogen-bond acceptors (Lipinski definition) is 9. The number of aliphatic hydroxyl groups excluding tert-OH is 2. The van der Waals surface area contributed by atoms with Gasteiger partial charge in [-0.1, -0.05) is 11.6 Å². The predicted molar refractivity (Wildman–Crippen MR) is 129 cm³/mol. The number of aromatic nitrogens is 4. The molecule has 0 unspecified atom stereocenters. The van der Waals surface area contributed by atoms with Crippen molar-refractivity contribution >= 4 is 52.0 Å². The normalized spacial score (nSPS) is 26.5. The first-order valence-corrected chi connectivity index (χ1v) is 11.8. The number of hydrogen-bond donors (Lipinski definition) is 5. The Morgan fingerprint density at radius 1 is 1.31 bits per heavy atom. The maximum atomic E-state index is 12.5. The van der Waals surface area contributed by atoms with Crippen LogP contribution in [-0.2, 0) is 16.1 Å². The Bertz CT molecular complexity index is 1370. The number of halogens is 2. The molecule has 3 aromatic rings. The Morgan fingerprint density at radius 2 is 2.08 bits per heavy atom. The SMILES string of the molecule is CNC(=O)[C@]12C[C@@H]1[C@@H](n1cnc3c(NCc4cc(Cl)ccc4OCC(N)=O)nc(Cl)nc31)[C@H](O)[C@@H]2O. The molecule has 0 spiro atoms. The molecule has 14 heteroatoms. The Kier molecular flexibility index (Phi) is 6.15. The molecule has 5 rings (SSSR count). The highest BCUT2D eigenvalue weighted by Gasteiger charge is 2.75. The maximum Gasteiger partial charge on any atom is 0.255 e. The van der Waals surface area contributed by atoms with Crippen molar-refractivity contribution in [2.75, 3.05) is 19.0 Å². The van der Waals surface area contributed by atoms with Crippen LogP contribution in [0, 0.1) is 11.3 Å². The standard InChI is InChI=1S/C22H23Cl2N7O5/c1-26-20(35)22-5-11(22)15(16(33)17(22)34)31-8-28-14-18(29-21(24)30-19(14)31)27-6-9-4-10(23)2-3-12(9)36-7-13(25)32/h2-4,8,11,15-17,33-34H,5-7H2,1H3,(H2,25,32)(H,26,35)(H,27,29,30)/t11-,15-,16+,17+,22-/m1/s1. The van der Waals surface area contributed by atoms with Crippen LogP contribution in [0.2, 0.25) is 10.3 Å². The molecule has 0 bridgehead atoms. The summed E-state index contributed by atoms with van der Waals surface area (Å²) in [5.74, 6) is -0.492. The van der Waals surface area contributed by atoms with Crippen LogP contribution in [0.15, 0.2) is 24.5 Å². The number of fused-ring (bicyclic) bond motifs is 2. The molecule has 0 radical (unpaired) electrons. The molecule has 2 heterocycles. The lowest BCUT2D eigenvalue weighted by Gasteiger charge is -2.23. The van der Waals surface area contributed by atoms with Crippen molar-refractivity contribution in [3.8, 4) is 5.75 Å². The molecule has 36 heavy (non-hydrogen) atoms. The van der Waals surface area contributed by atoms with Crippen molar-refractivity contribution in [1.82, 2.24) is 24.8 Å². The Hall–Kier alpha value is -3.19. The van der Waals surface area contributed by atoms with Crippen LogP contribution >= 0.6 is 23.2 Å². The fourth-order valence-corrected chi connectivity index (χ4v) is 5.53. The van der Waals surface area contributed by atoms with Gasteiger partial charge in [-0.25, -0.2) is 4.98 Å². The van der Waals surface area contributed by atoms with Crippen molar-refractivity contribution in [1.29, 1.82) is 0 Å². The topological polar surface area (TPSA) is 178 Å². The molecular formula is C22H23Cl2N7O5. The van der Waals surface area contributed by atoms with Crippen LogP contribution in [0.1, 0.15) is 18.0 Å². The second-order valence-corrected chi connectivity index (χ2v) is 9.66. The number of imidazole rings is 1. The number of carbonyl (C=O) groups is 2. The average molecular weight is 536 g/mol. The van der Waals surface area contributed by atoms with E-state index in [0.29, 0.717) is 39.7 Å². The molecule has 2 aliphatic rings. The smallest absolute Gasteiger partial charge is 0.255 e. The molecular weight excluding hydrogens is 513 g/mol. The molecule has 0 saturated heterocycles. The Morgan fingerprint density at radius 3 is 2.81 bits per heavy atom. The molecule has 6 N–H and O–H groups in total. The molecule has 2 fully saturated rings. The summed E-state index contributed by atoms with van der Waals surface area (Å²) in [6, 6.07) is 4.30. The van der Waals surface area contributed by atoms with Crippen molar-refractivity contribution < 1.29 is 24.5 Å². The fraction of sp³-hybridized carbons (Fsp3) is 0.409. The van der Waals surface area contributed by atoms with Gasteiger partial charge in [-0.05, 0) is 36.2 Å². The van der Waals surface area contributed by atoms with Gasteiger partial charge in [-0.15, -0.1) is 0 Å². The zero-order valence-corrected chi connectivity index (χ0v) is 20.5. The number of primary amides is 1. The van der Waals surface area contributed by atoms with Gasteiger partial charge in [0.1, 0.15) is 11.9 Å². The lowest BCUT2D eigenvalue weighted by atomic mass is 9.98. The van der Waals surface area contributed by atoms with E-state index in [4.69, 9.17) is 33.7 Å². The van der Waals surface area contributed by atoms with Gasteiger partial charge in [0.2, 0.25) is 11.2 Å². The monoisotopic (exact) mass is 535 g/mol. The summed E-state index contributed by atoms with van der Waals surface area (Å²) in [4.78, 5) is 36.6. The highest BCUT2D eigenvalue weighted by Crippen LogP contribution is 2.67. The van der Waals surface area contributed by atoms with Gasteiger partial charge >= 0.3 is 0 Å². The minimum atomic E-state index is -1.22. The molecule has 2 aromatic heterocycles. The third kappa shape index (κ3) is 3.90. The number of ether oxygens (including phenoxy) is 1. The van der Waals surface area contributed by atoms with Crippen molar-refractivity contribution in [3.63, 3.8) is 0 Å². The third-order valence-electron chi connectivity index (χ3n) is 6.88. The van der Waals surface area contributed by atoms with Crippen LogP contribution in [-0.4, -0.2) is 67.4 Å². The number of nitrogens with one attached hydrogen (secondary N) is 2. The number of rotatable bonds is 8. The largest absolute Gasteiger partial charge is 0.483 e. The lowest BCUT2D eigenvalue weighted by Crippen LogP contribution is -2.41. The first-order chi connectivity index (χ1) is 17.2. The Balaban J connectivity index is 1.45. The number of amides is 2. The minimum absolute atomic E-state index is 0.0653. The molecule has 1 aromatic carbocycles.